The summed E-state index contributed by atoms with van der Waals surface area (Å²) in [5.41, 5.74) is 0.130. The van der Waals surface area contributed by atoms with Crippen LogP contribution in [0.15, 0.2) is 41.3 Å². The zero-order chi connectivity index (χ0) is 23.1. The number of nitrogens with zero attached hydrogens (tertiary/aromatic N) is 1. The maximum atomic E-state index is 12.9. The lowest BCUT2D eigenvalue weighted by molar-refractivity contribution is 0.0620. The number of morpholine rings is 1. The summed E-state index contributed by atoms with van der Waals surface area (Å²) < 4.78 is 38.2. The van der Waals surface area contributed by atoms with Gasteiger partial charge in [-0.3, -0.25) is 9.59 Å². The van der Waals surface area contributed by atoms with Gasteiger partial charge in [0.15, 0.2) is 5.78 Å². The van der Waals surface area contributed by atoms with E-state index < -0.39 is 21.5 Å². The van der Waals surface area contributed by atoms with Crippen molar-refractivity contribution in [2.75, 3.05) is 31.6 Å². The maximum Gasteiger partial charge on any atom is 0.255 e. The molecule has 8 nitrogen and oxygen atoms in total. The van der Waals surface area contributed by atoms with Gasteiger partial charge in [0.25, 0.3) is 5.91 Å². The average molecular weight is 479 g/mol. The van der Waals surface area contributed by atoms with Crippen molar-refractivity contribution in [2.24, 2.45) is 0 Å². The van der Waals surface area contributed by atoms with Gasteiger partial charge in [0.1, 0.15) is 11.4 Å². The summed E-state index contributed by atoms with van der Waals surface area (Å²) in [6.45, 7) is 4.83. The highest BCUT2D eigenvalue weighted by Crippen LogP contribution is 2.34. The highest BCUT2D eigenvalue weighted by Gasteiger charge is 2.33. The molecule has 2 aliphatic heterocycles. The highest BCUT2D eigenvalue weighted by molar-refractivity contribution is 7.89. The topological polar surface area (TPSA) is 102 Å². The lowest BCUT2D eigenvalue weighted by atomic mass is 9.92. The molecule has 4 rings (SSSR count). The van der Waals surface area contributed by atoms with Crippen molar-refractivity contribution in [2.45, 2.75) is 30.8 Å². The second kappa shape index (κ2) is 8.47. The number of amides is 1. The number of hydrogen-bond acceptors (Lipinski definition) is 6. The number of benzene rings is 2. The van der Waals surface area contributed by atoms with Crippen LogP contribution in [0.1, 0.15) is 41.0 Å². The smallest absolute Gasteiger partial charge is 0.255 e. The van der Waals surface area contributed by atoms with E-state index in [0.717, 1.165) is 0 Å². The van der Waals surface area contributed by atoms with Crippen LogP contribution >= 0.6 is 11.6 Å². The molecule has 0 spiro atoms. The van der Waals surface area contributed by atoms with Crippen LogP contribution in [-0.4, -0.2) is 56.3 Å². The Kier molecular flexibility index (Phi) is 6.02. The van der Waals surface area contributed by atoms with Crippen LogP contribution in [0, 0.1) is 0 Å². The largest absolute Gasteiger partial charge is 0.487 e. The van der Waals surface area contributed by atoms with E-state index in [1.807, 2.05) is 13.8 Å². The van der Waals surface area contributed by atoms with Crippen LogP contribution in [0.25, 0.3) is 0 Å². The van der Waals surface area contributed by atoms with Crippen LogP contribution < -0.4 is 10.1 Å². The second-order valence-electron chi connectivity index (χ2n) is 8.28. The van der Waals surface area contributed by atoms with Gasteiger partial charge in [0.05, 0.1) is 40.8 Å². The fourth-order valence-corrected chi connectivity index (χ4v) is 5.28. The number of halogens is 1. The summed E-state index contributed by atoms with van der Waals surface area (Å²) in [7, 11) is -3.75. The molecule has 2 heterocycles. The first kappa shape index (κ1) is 22.7. The van der Waals surface area contributed by atoms with Crippen LogP contribution in [-0.2, 0) is 14.8 Å². The van der Waals surface area contributed by atoms with E-state index in [-0.39, 0.29) is 46.5 Å². The molecular formula is C22H23ClN2O6S. The number of rotatable bonds is 4. The Bertz CT molecular complexity index is 1190. The Hall–Kier alpha value is -2.46. The minimum Gasteiger partial charge on any atom is -0.487 e. The van der Waals surface area contributed by atoms with E-state index >= 15 is 0 Å². The van der Waals surface area contributed by atoms with Crippen LogP contribution in [0.2, 0.25) is 5.02 Å². The van der Waals surface area contributed by atoms with E-state index in [2.05, 4.69) is 5.32 Å². The normalized spacial score (nSPS) is 18.5. The Labute approximate surface area is 191 Å². The molecule has 0 aliphatic carbocycles. The molecule has 2 aromatic rings. The van der Waals surface area contributed by atoms with Gasteiger partial charge in [-0.15, -0.1) is 0 Å². The molecule has 1 fully saturated rings. The summed E-state index contributed by atoms with van der Waals surface area (Å²) in [6, 6.07) is 8.77. The summed E-state index contributed by atoms with van der Waals surface area (Å²) in [5, 5.41) is 2.84. The number of fused-ring (bicyclic) bond motifs is 1. The summed E-state index contributed by atoms with van der Waals surface area (Å²) in [6.07, 6.45) is 0.207. The van der Waals surface area contributed by atoms with Crippen molar-refractivity contribution in [3.8, 4) is 5.75 Å². The third-order valence-corrected chi connectivity index (χ3v) is 7.53. The molecule has 1 saturated heterocycles. The molecule has 0 atom stereocenters. The first-order valence-corrected chi connectivity index (χ1v) is 11.9. The molecule has 0 unspecified atom stereocenters. The highest BCUT2D eigenvalue weighted by atomic mass is 35.5. The Morgan fingerprint density at radius 3 is 2.56 bits per heavy atom. The third kappa shape index (κ3) is 4.52. The minimum absolute atomic E-state index is 0.0235. The quantitative estimate of drug-likeness (QED) is 0.723. The number of hydrogen-bond donors (Lipinski definition) is 1. The van der Waals surface area contributed by atoms with Gasteiger partial charge in [0.2, 0.25) is 10.0 Å². The van der Waals surface area contributed by atoms with E-state index in [0.29, 0.717) is 24.5 Å². The standard InChI is InChI=1S/C22H23ClN2O6S/c1-22(2)13-19(26)16-11-14(3-6-20(16)31-22)21(27)24-18-12-15(4-5-17(18)23)32(28,29)25-7-9-30-10-8-25/h3-6,11-12H,7-10,13H2,1-2H3,(H,24,27). The van der Waals surface area contributed by atoms with Gasteiger partial charge in [-0.25, -0.2) is 8.42 Å². The predicted octanol–water partition coefficient (Wildman–Crippen LogP) is 3.36. The summed E-state index contributed by atoms with van der Waals surface area (Å²) in [5.74, 6) is -0.199. The number of sulfonamides is 1. The first-order chi connectivity index (χ1) is 15.1. The zero-order valence-corrected chi connectivity index (χ0v) is 19.3. The first-order valence-electron chi connectivity index (χ1n) is 10.1. The molecule has 0 aromatic heterocycles. The van der Waals surface area contributed by atoms with Gasteiger partial charge in [0, 0.05) is 18.7 Å². The Balaban J connectivity index is 1.58. The molecule has 1 amide bonds. The van der Waals surface area contributed by atoms with Crippen LogP contribution in [0.4, 0.5) is 5.69 Å². The van der Waals surface area contributed by atoms with Gasteiger partial charge in [-0.1, -0.05) is 11.6 Å². The van der Waals surface area contributed by atoms with Crippen molar-refractivity contribution in [3.05, 3.63) is 52.5 Å². The van der Waals surface area contributed by atoms with E-state index in [1.54, 1.807) is 12.1 Å². The van der Waals surface area contributed by atoms with Gasteiger partial charge in [-0.2, -0.15) is 4.31 Å². The number of ether oxygens (including phenoxy) is 2. The summed E-state index contributed by atoms with van der Waals surface area (Å²) in [4.78, 5) is 25.4. The molecule has 0 bridgehead atoms. The molecule has 170 valence electrons. The third-order valence-electron chi connectivity index (χ3n) is 5.31. The number of carbonyl (C=O) groups excluding carboxylic acids is 2. The van der Waals surface area contributed by atoms with Crippen molar-refractivity contribution < 1.29 is 27.5 Å². The number of carbonyl (C=O) groups is 2. The molecule has 32 heavy (non-hydrogen) atoms. The monoisotopic (exact) mass is 478 g/mol. The maximum absolute atomic E-state index is 12.9. The van der Waals surface area contributed by atoms with Crippen LogP contribution in [0.5, 0.6) is 5.75 Å². The van der Waals surface area contributed by atoms with Crippen molar-refractivity contribution in [1.82, 2.24) is 4.31 Å². The number of anilines is 1. The fraction of sp³-hybridized carbons (Fsp3) is 0.364. The summed E-state index contributed by atoms with van der Waals surface area (Å²) >= 11 is 6.22. The molecule has 2 aliphatic rings. The molecule has 2 aromatic carbocycles. The van der Waals surface area contributed by atoms with Crippen molar-refractivity contribution >= 4 is 39.0 Å². The van der Waals surface area contributed by atoms with E-state index in [9.17, 15) is 18.0 Å². The predicted molar refractivity (Wildman–Crippen MR) is 119 cm³/mol. The van der Waals surface area contributed by atoms with E-state index in [1.165, 1.54) is 28.6 Å². The second-order valence-corrected chi connectivity index (χ2v) is 10.6. The number of Topliss-reactive ketones (excluding diaryl/α,β-unsaturated/α-hetero) is 1. The number of nitrogens with one attached hydrogen (secondary N) is 1. The lowest BCUT2D eigenvalue weighted by Crippen LogP contribution is -2.40. The SMILES string of the molecule is CC1(C)CC(=O)c2cc(C(=O)Nc3cc(S(=O)(=O)N4CCOCC4)ccc3Cl)ccc2O1. The molecule has 1 N–H and O–H groups in total. The lowest BCUT2D eigenvalue weighted by Gasteiger charge is -2.31. The minimum atomic E-state index is -3.75. The fourth-order valence-electron chi connectivity index (χ4n) is 3.68. The molecule has 0 radical (unpaired) electrons. The van der Waals surface area contributed by atoms with E-state index in [4.69, 9.17) is 21.1 Å². The average Bonchev–Trinajstić information content (AvgIpc) is 2.74. The van der Waals surface area contributed by atoms with Crippen molar-refractivity contribution in [1.29, 1.82) is 0 Å². The van der Waals surface area contributed by atoms with Gasteiger partial charge in [-0.05, 0) is 50.2 Å². The van der Waals surface area contributed by atoms with Gasteiger partial charge >= 0.3 is 0 Å². The van der Waals surface area contributed by atoms with Gasteiger partial charge < -0.3 is 14.8 Å². The Morgan fingerprint density at radius 2 is 1.84 bits per heavy atom. The molecule has 0 saturated carbocycles. The molecule has 10 heteroatoms. The van der Waals surface area contributed by atoms with Crippen molar-refractivity contribution in [3.63, 3.8) is 0 Å². The molecular weight excluding hydrogens is 456 g/mol. The Morgan fingerprint density at radius 1 is 1.12 bits per heavy atom. The zero-order valence-electron chi connectivity index (χ0n) is 17.7. The van der Waals surface area contributed by atoms with Crippen LogP contribution in [0.3, 0.4) is 0 Å². The number of ketones is 1.